The van der Waals surface area contributed by atoms with Crippen molar-refractivity contribution in [2.45, 2.75) is 13.3 Å². The molecule has 1 amide bonds. The average molecular weight is 351 g/mol. The SMILES string of the molecule is C/C(=N\NC(=O)CCN1CCN(c2ccccc2)CC1)c1cccnc1. The third kappa shape index (κ3) is 5.13. The van der Waals surface area contributed by atoms with Gasteiger partial charge in [-0.2, -0.15) is 5.10 Å². The van der Waals surface area contributed by atoms with Gasteiger partial charge >= 0.3 is 0 Å². The van der Waals surface area contributed by atoms with E-state index in [1.807, 2.05) is 25.1 Å². The number of carbonyl (C=O) groups excluding carboxylic acids is 1. The molecule has 0 spiro atoms. The fourth-order valence-electron chi connectivity index (χ4n) is 2.97. The van der Waals surface area contributed by atoms with Gasteiger partial charge in [0.05, 0.1) is 5.71 Å². The first-order valence-electron chi connectivity index (χ1n) is 8.98. The first-order chi connectivity index (χ1) is 12.7. The van der Waals surface area contributed by atoms with E-state index in [2.05, 4.69) is 49.6 Å². The van der Waals surface area contributed by atoms with Crippen molar-refractivity contribution in [3.05, 3.63) is 60.4 Å². The Balaban J connectivity index is 1.39. The zero-order valence-corrected chi connectivity index (χ0v) is 15.1. The van der Waals surface area contributed by atoms with Crippen molar-refractivity contribution in [3.8, 4) is 0 Å². The highest BCUT2D eigenvalue weighted by Crippen LogP contribution is 2.15. The summed E-state index contributed by atoms with van der Waals surface area (Å²) in [6.45, 7) is 6.55. The molecular formula is C20H25N5O. The topological polar surface area (TPSA) is 60.8 Å². The largest absolute Gasteiger partial charge is 0.369 e. The molecule has 6 heteroatoms. The van der Waals surface area contributed by atoms with Crippen LogP contribution in [-0.4, -0.2) is 54.2 Å². The number of hydrogen-bond acceptors (Lipinski definition) is 5. The van der Waals surface area contributed by atoms with Crippen LogP contribution in [0.2, 0.25) is 0 Å². The molecule has 0 saturated carbocycles. The van der Waals surface area contributed by atoms with E-state index in [0.29, 0.717) is 6.42 Å². The Morgan fingerprint density at radius 3 is 2.58 bits per heavy atom. The van der Waals surface area contributed by atoms with Gasteiger partial charge in [-0.3, -0.25) is 14.7 Å². The second-order valence-electron chi connectivity index (χ2n) is 6.39. The fraction of sp³-hybridized carbons (Fsp3) is 0.350. The van der Waals surface area contributed by atoms with Crippen molar-refractivity contribution in [1.29, 1.82) is 0 Å². The summed E-state index contributed by atoms with van der Waals surface area (Å²) in [5, 5.41) is 4.16. The molecule has 0 bridgehead atoms. The number of benzene rings is 1. The summed E-state index contributed by atoms with van der Waals surface area (Å²) in [6, 6.07) is 14.2. The van der Waals surface area contributed by atoms with Crippen LogP contribution in [0, 0.1) is 0 Å². The summed E-state index contributed by atoms with van der Waals surface area (Å²) in [6.07, 6.45) is 3.90. The van der Waals surface area contributed by atoms with Crippen LogP contribution in [0.4, 0.5) is 5.69 Å². The van der Waals surface area contributed by atoms with Gasteiger partial charge in [0.15, 0.2) is 0 Å². The van der Waals surface area contributed by atoms with Crippen molar-refractivity contribution in [2.75, 3.05) is 37.6 Å². The van der Waals surface area contributed by atoms with E-state index in [1.54, 1.807) is 12.4 Å². The molecule has 3 rings (SSSR count). The highest BCUT2D eigenvalue weighted by molar-refractivity contribution is 5.98. The van der Waals surface area contributed by atoms with Crippen molar-refractivity contribution in [2.24, 2.45) is 5.10 Å². The molecule has 1 aromatic heterocycles. The maximum Gasteiger partial charge on any atom is 0.241 e. The number of amides is 1. The lowest BCUT2D eigenvalue weighted by molar-refractivity contribution is -0.121. The maximum absolute atomic E-state index is 12.0. The Bertz CT molecular complexity index is 724. The Morgan fingerprint density at radius 2 is 1.88 bits per heavy atom. The summed E-state index contributed by atoms with van der Waals surface area (Å²) in [5.74, 6) is -0.0567. The van der Waals surface area contributed by atoms with E-state index in [9.17, 15) is 4.79 Å². The highest BCUT2D eigenvalue weighted by Gasteiger charge is 2.17. The van der Waals surface area contributed by atoms with E-state index < -0.39 is 0 Å². The average Bonchev–Trinajstić information content (AvgIpc) is 2.72. The number of anilines is 1. The van der Waals surface area contributed by atoms with Gasteiger partial charge in [0, 0.05) is 62.8 Å². The molecule has 0 aliphatic carbocycles. The van der Waals surface area contributed by atoms with Crippen LogP contribution in [0.25, 0.3) is 0 Å². The number of nitrogens with zero attached hydrogens (tertiary/aromatic N) is 4. The van der Waals surface area contributed by atoms with Gasteiger partial charge in [0.1, 0.15) is 0 Å². The summed E-state index contributed by atoms with van der Waals surface area (Å²) in [7, 11) is 0. The smallest absolute Gasteiger partial charge is 0.241 e. The molecule has 0 atom stereocenters. The van der Waals surface area contributed by atoms with Crippen molar-refractivity contribution in [3.63, 3.8) is 0 Å². The molecule has 1 aliphatic heterocycles. The molecule has 1 fully saturated rings. The van der Waals surface area contributed by atoms with Crippen LogP contribution < -0.4 is 10.3 Å². The van der Waals surface area contributed by atoms with Gasteiger partial charge in [0.25, 0.3) is 0 Å². The second-order valence-corrected chi connectivity index (χ2v) is 6.39. The van der Waals surface area contributed by atoms with E-state index in [-0.39, 0.29) is 5.91 Å². The first kappa shape index (κ1) is 18.1. The number of hydrogen-bond donors (Lipinski definition) is 1. The van der Waals surface area contributed by atoms with Gasteiger partial charge in [-0.25, -0.2) is 5.43 Å². The Kier molecular flexibility index (Phi) is 6.33. The molecule has 1 saturated heterocycles. The zero-order chi connectivity index (χ0) is 18.2. The Morgan fingerprint density at radius 1 is 1.12 bits per heavy atom. The molecule has 2 heterocycles. The van der Waals surface area contributed by atoms with Gasteiger partial charge in [-0.1, -0.05) is 24.3 Å². The van der Waals surface area contributed by atoms with Crippen LogP contribution in [0.1, 0.15) is 18.9 Å². The second kappa shape index (κ2) is 9.10. The summed E-state index contributed by atoms with van der Waals surface area (Å²) in [5.41, 5.74) is 5.57. The van der Waals surface area contributed by atoms with E-state index in [1.165, 1.54) is 5.69 Å². The van der Waals surface area contributed by atoms with Crippen LogP contribution >= 0.6 is 0 Å². The zero-order valence-electron chi connectivity index (χ0n) is 15.1. The molecule has 6 nitrogen and oxygen atoms in total. The summed E-state index contributed by atoms with van der Waals surface area (Å²) < 4.78 is 0. The number of carbonyl (C=O) groups is 1. The standard InChI is InChI=1S/C20H25N5O/c1-17(18-6-5-10-21-16-18)22-23-20(26)9-11-24-12-14-25(15-13-24)19-7-3-2-4-8-19/h2-8,10,16H,9,11-15H2,1H3,(H,23,26)/b22-17+. The number of hydrazone groups is 1. The van der Waals surface area contributed by atoms with Crippen LogP contribution in [0.3, 0.4) is 0 Å². The Hall–Kier alpha value is -2.73. The van der Waals surface area contributed by atoms with Crippen molar-refractivity contribution >= 4 is 17.3 Å². The minimum atomic E-state index is -0.0567. The molecule has 136 valence electrons. The third-order valence-electron chi connectivity index (χ3n) is 4.58. The predicted octanol–water partition coefficient (Wildman–Crippen LogP) is 2.13. The van der Waals surface area contributed by atoms with Crippen LogP contribution in [0.15, 0.2) is 60.0 Å². The molecule has 0 unspecified atom stereocenters. The maximum atomic E-state index is 12.0. The monoisotopic (exact) mass is 351 g/mol. The highest BCUT2D eigenvalue weighted by atomic mass is 16.2. The fourth-order valence-corrected chi connectivity index (χ4v) is 2.97. The quantitative estimate of drug-likeness (QED) is 0.640. The van der Waals surface area contributed by atoms with E-state index in [0.717, 1.165) is 44.0 Å². The summed E-state index contributed by atoms with van der Waals surface area (Å²) in [4.78, 5) is 20.8. The predicted molar refractivity (Wildman–Crippen MR) is 104 cm³/mol. The molecule has 0 radical (unpaired) electrons. The number of aromatic nitrogens is 1. The van der Waals surface area contributed by atoms with Gasteiger partial charge in [0.2, 0.25) is 5.91 Å². The third-order valence-corrected chi connectivity index (χ3v) is 4.58. The molecule has 1 aliphatic rings. The van der Waals surface area contributed by atoms with Crippen LogP contribution in [0.5, 0.6) is 0 Å². The lowest BCUT2D eigenvalue weighted by atomic mass is 10.2. The summed E-state index contributed by atoms with van der Waals surface area (Å²) >= 11 is 0. The minimum Gasteiger partial charge on any atom is -0.369 e. The lowest BCUT2D eigenvalue weighted by Crippen LogP contribution is -2.47. The number of nitrogens with one attached hydrogen (secondary N) is 1. The molecular weight excluding hydrogens is 326 g/mol. The molecule has 26 heavy (non-hydrogen) atoms. The number of pyridine rings is 1. The van der Waals surface area contributed by atoms with E-state index >= 15 is 0 Å². The van der Waals surface area contributed by atoms with E-state index in [4.69, 9.17) is 0 Å². The van der Waals surface area contributed by atoms with Crippen molar-refractivity contribution in [1.82, 2.24) is 15.3 Å². The molecule has 2 aromatic rings. The molecule has 1 aromatic carbocycles. The number of rotatable bonds is 6. The normalized spacial score (nSPS) is 15.7. The first-order valence-corrected chi connectivity index (χ1v) is 8.98. The molecule has 1 N–H and O–H groups in total. The minimum absolute atomic E-state index is 0.0567. The van der Waals surface area contributed by atoms with Gasteiger partial charge in [-0.05, 0) is 25.1 Å². The van der Waals surface area contributed by atoms with Crippen molar-refractivity contribution < 1.29 is 4.79 Å². The lowest BCUT2D eigenvalue weighted by Gasteiger charge is -2.36. The van der Waals surface area contributed by atoms with Crippen LogP contribution in [-0.2, 0) is 4.79 Å². The Labute approximate surface area is 154 Å². The number of piperazine rings is 1. The van der Waals surface area contributed by atoms with Gasteiger partial charge < -0.3 is 4.90 Å². The van der Waals surface area contributed by atoms with Gasteiger partial charge in [-0.15, -0.1) is 0 Å². The number of para-hydroxylation sites is 1.